The fraction of sp³-hybridized carbons (Fsp3) is 0.0645. The third-order valence-electron chi connectivity index (χ3n) is 14.5. The number of hydrogen-bond donors (Lipinski definition) is 0. The Morgan fingerprint density at radius 3 is 1.49 bits per heavy atom. The van der Waals surface area contributed by atoms with Gasteiger partial charge in [-0.25, -0.2) is 0 Å². The number of para-hydroxylation sites is 1. The summed E-state index contributed by atoms with van der Waals surface area (Å²) in [6.45, 7) is 4.75. The van der Waals surface area contributed by atoms with E-state index in [1.54, 1.807) is 0 Å². The van der Waals surface area contributed by atoms with Crippen molar-refractivity contribution in [2.75, 3.05) is 4.90 Å². The second-order valence-corrected chi connectivity index (χ2v) is 17.9. The number of benzene rings is 10. The molecule has 0 N–H and O–H groups in total. The van der Waals surface area contributed by atoms with E-state index in [2.05, 4.69) is 243 Å². The van der Waals surface area contributed by atoms with E-state index in [0.717, 1.165) is 11.4 Å². The van der Waals surface area contributed by atoms with Crippen LogP contribution in [0.3, 0.4) is 0 Å². The molecule has 1 heteroatoms. The third-order valence-corrected chi connectivity index (χ3v) is 14.5. The molecule has 1 spiro atoms. The van der Waals surface area contributed by atoms with Crippen molar-refractivity contribution in [3.8, 4) is 55.6 Å². The van der Waals surface area contributed by atoms with Crippen molar-refractivity contribution in [1.82, 2.24) is 0 Å². The van der Waals surface area contributed by atoms with Crippen LogP contribution in [0.1, 0.15) is 47.2 Å². The first-order valence-electron chi connectivity index (χ1n) is 22.2. The first-order chi connectivity index (χ1) is 31.0. The van der Waals surface area contributed by atoms with Gasteiger partial charge in [-0.05, 0) is 113 Å². The summed E-state index contributed by atoms with van der Waals surface area (Å²) in [7, 11) is 0. The van der Waals surface area contributed by atoms with Crippen molar-refractivity contribution < 1.29 is 0 Å². The lowest BCUT2D eigenvalue weighted by Gasteiger charge is -2.36. The standard InChI is InChI=1S/C62H43N/c1-61(2)52-29-10-8-25-51(52)59-49(27-16-33-56(59)61)48-24-9-14-34-57(48)63(42-38-36-41(37-39-42)44-26-15-19-40-18-3-4-20-43(40)44)58-35-17-28-50-47-23-7-13-32-55(47)62(60(50)58)53-30-11-5-21-45(53)46-22-6-12-31-54(46)62/h3-39H,1-2H3. The molecule has 10 aromatic carbocycles. The molecule has 0 heterocycles. The van der Waals surface area contributed by atoms with Gasteiger partial charge in [-0.15, -0.1) is 0 Å². The molecule has 296 valence electrons. The monoisotopic (exact) mass is 801 g/mol. The van der Waals surface area contributed by atoms with E-state index in [1.165, 1.54) is 105 Å². The number of nitrogens with zero attached hydrogens (tertiary/aromatic N) is 1. The predicted molar refractivity (Wildman–Crippen MR) is 263 cm³/mol. The highest BCUT2D eigenvalue weighted by atomic mass is 15.1. The average Bonchev–Trinajstić information content (AvgIpc) is 3.91. The molecule has 0 bridgehead atoms. The molecule has 1 nitrogen and oxygen atoms in total. The van der Waals surface area contributed by atoms with Crippen LogP contribution in [-0.4, -0.2) is 0 Å². The summed E-state index contributed by atoms with van der Waals surface area (Å²) in [5, 5.41) is 2.51. The molecule has 0 unspecified atom stereocenters. The molecule has 0 aliphatic heterocycles. The van der Waals surface area contributed by atoms with Gasteiger partial charge in [-0.1, -0.05) is 214 Å². The zero-order chi connectivity index (χ0) is 41.9. The van der Waals surface area contributed by atoms with Crippen LogP contribution < -0.4 is 4.90 Å². The van der Waals surface area contributed by atoms with Crippen molar-refractivity contribution >= 4 is 27.8 Å². The van der Waals surface area contributed by atoms with E-state index in [-0.39, 0.29) is 5.41 Å². The van der Waals surface area contributed by atoms with Gasteiger partial charge in [0.2, 0.25) is 0 Å². The Balaban J connectivity index is 1.11. The first kappa shape index (κ1) is 36.0. The van der Waals surface area contributed by atoms with E-state index in [9.17, 15) is 0 Å². The first-order valence-corrected chi connectivity index (χ1v) is 22.2. The fourth-order valence-corrected chi connectivity index (χ4v) is 11.9. The van der Waals surface area contributed by atoms with Crippen LogP contribution in [-0.2, 0) is 10.8 Å². The Bertz CT molecular complexity index is 3430. The molecular formula is C62H43N. The van der Waals surface area contributed by atoms with Gasteiger partial charge in [0, 0.05) is 22.2 Å². The van der Waals surface area contributed by atoms with E-state index in [1.807, 2.05) is 0 Å². The van der Waals surface area contributed by atoms with Gasteiger partial charge in [0.15, 0.2) is 0 Å². The average molecular weight is 802 g/mol. The molecule has 10 aromatic rings. The molecule has 63 heavy (non-hydrogen) atoms. The molecule has 0 saturated carbocycles. The number of hydrogen-bond acceptors (Lipinski definition) is 1. The summed E-state index contributed by atoms with van der Waals surface area (Å²) in [5.74, 6) is 0. The molecule has 3 aliphatic carbocycles. The maximum absolute atomic E-state index is 2.57. The van der Waals surface area contributed by atoms with Crippen molar-refractivity contribution in [3.63, 3.8) is 0 Å². The van der Waals surface area contributed by atoms with Gasteiger partial charge >= 0.3 is 0 Å². The summed E-state index contributed by atoms with van der Waals surface area (Å²) in [6.07, 6.45) is 0. The summed E-state index contributed by atoms with van der Waals surface area (Å²) < 4.78 is 0. The highest BCUT2D eigenvalue weighted by Gasteiger charge is 2.53. The van der Waals surface area contributed by atoms with Crippen molar-refractivity contribution in [3.05, 3.63) is 258 Å². The summed E-state index contributed by atoms with van der Waals surface area (Å²) in [6, 6.07) is 84.1. The minimum atomic E-state index is -0.525. The number of rotatable bonds is 5. The van der Waals surface area contributed by atoms with E-state index in [4.69, 9.17) is 0 Å². The van der Waals surface area contributed by atoms with Crippen LogP contribution in [0.4, 0.5) is 17.1 Å². The number of anilines is 3. The zero-order valence-electron chi connectivity index (χ0n) is 35.3. The lowest BCUT2D eigenvalue weighted by atomic mass is 9.70. The SMILES string of the molecule is CC1(C)c2ccccc2-c2c(-c3ccccc3N(c3ccc(-c4cccc5ccccc45)cc3)c3cccc4c3C3(c5ccccc5-c5ccccc53)c3ccccc3-4)cccc21. The second-order valence-electron chi connectivity index (χ2n) is 17.9. The summed E-state index contributed by atoms with van der Waals surface area (Å²) in [5.41, 5.74) is 23.6. The fourth-order valence-electron chi connectivity index (χ4n) is 11.9. The molecule has 0 saturated heterocycles. The Kier molecular flexibility index (Phi) is 7.64. The van der Waals surface area contributed by atoms with Crippen LogP contribution in [0.2, 0.25) is 0 Å². The highest BCUT2D eigenvalue weighted by Crippen LogP contribution is 2.65. The Labute approximate surface area is 369 Å². The lowest BCUT2D eigenvalue weighted by Crippen LogP contribution is -2.28. The molecule has 13 rings (SSSR count). The molecule has 0 atom stereocenters. The lowest BCUT2D eigenvalue weighted by molar-refractivity contribution is 0.660. The van der Waals surface area contributed by atoms with Gasteiger partial charge in [0.25, 0.3) is 0 Å². The van der Waals surface area contributed by atoms with E-state index in [0.29, 0.717) is 0 Å². The van der Waals surface area contributed by atoms with Crippen LogP contribution >= 0.6 is 0 Å². The second kappa shape index (κ2) is 13.4. The van der Waals surface area contributed by atoms with Crippen molar-refractivity contribution in [2.45, 2.75) is 24.7 Å². The van der Waals surface area contributed by atoms with Crippen LogP contribution in [0.15, 0.2) is 224 Å². The van der Waals surface area contributed by atoms with Crippen LogP contribution in [0.25, 0.3) is 66.4 Å². The van der Waals surface area contributed by atoms with E-state index >= 15 is 0 Å². The highest BCUT2D eigenvalue weighted by molar-refractivity contribution is 6.03. The molecule has 0 amide bonds. The summed E-state index contributed by atoms with van der Waals surface area (Å²) >= 11 is 0. The topological polar surface area (TPSA) is 3.24 Å². The smallest absolute Gasteiger partial charge is 0.0746 e. The van der Waals surface area contributed by atoms with Gasteiger partial charge in [0.1, 0.15) is 0 Å². The molecular weight excluding hydrogens is 759 g/mol. The van der Waals surface area contributed by atoms with E-state index < -0.39 is 5.41 Å². The predicted octanol–water partition coefficient (Wildman–Crippen LogP) is 16.3. The zero-order valence-corrected chi connectivity index (χ0v) is 35.3. The van der Waals surface area contributed by atoms with Gasteiger partial charge in [0.05, 0.1) is 16.8 Å². The quantitative estimate of drug-likeness (QED) is 0.168. The Morgan fingerprint density at radius 1 is 0.317 bits per heavy atom. The maximum Gasteiger partial charge on any atom is 0.0746 e. The third kappa shape index (κ3) is 4.88. The van der Waals surface area contributed by atoms with Gasteiger partial charge < -0.3 is 4.90 Å². The van der Waals surface area contributed by atoms with Crippen LogP contribution in [0, 0.1) is 0 Å². The molecule has 0 fully saturated rings. The Hall–Kier alpha value is -7.74. The Morgan fingerprint density at radius 2 is 0.778 bits per heavy atom. The summed E-state index contributed by atoms with van der Waals surface area (Å²) in [4.78, 5) is 2.57. The normalized spacial score (nSPS) is 14.1. The van der Waals surface area contributed by atoms with Crippen molar-refractivity contribution in [2.24, 2.45) is 0 Å². The minimum Gasteiger partial charge on any atom is -0.310 e. The molecule has 0 radical (unpaired) electrons. The largest absolute Gasteiger partial charge is 0.310 e. The van der Waals surface area contributed by atoms with Gasteiger partial charge in [-0.3, -0.25) is 0 Å². The van der Waals surface area contributed by atoms with Crippen LogP contribution in [0.5, 0.6) is 0 Å². The molecule has 0 aromatic heterocycles. The molecule has 3 aliphatic rings. The van der Waals surface area contributed by atoms with Gasteiger partial charge in [-0.2, -0.15) is 0 Å². The minimum absolute atomic E-state index is 0.115. The number of fused-ring (bicyclic) bond motifs is 14. The van der Waals surface area contributed by atoms with Crippen molar-refractivity contribution in [1.29, 1.82) is 0 Å². The maximum atomic E-state index is 2.57.